The zero-order valence-electron chi connectivity index (χ0n) is 21.0. The van der Waals surface area contributed by atoms with Gasteiger partial charge in [0, 0.05) is 37.1 Å². The van der Waals surface area contributed by atoms with Crippen molar-refractivity contribution in [1.29, 1.82) is 0 Å². The third-order valence-electron chi connectivity index (χ3n) is 7.21. The summed E-state index contributed by atoms with van der Waals surface area (Å²) >= 11 is 1.72. The number of nitrogens with zero attached hydrogens (tertiary/aromatic N) is 3. The normalized spacial score (nSPS) is 20.1. The molecule has 1 saturated heterocycles. The van der Waals surface area contributed by atoms with Crippen molar-refractivity contribution in [2.24, 2.45) is 0 Å². The van der Waals surface area contributed by atoms with Crippen molar-refractivity contribution in [3.63, 3.8) is 0 Å². The fourth-order valence-corrected chi connectivity index (χ4v) is 6.25. The van der Waals surface area contributed by atoms with Gasteiger partial charge < -0.3 is 14.5 Å². The van der Waals surface area contributed by atoms with Crippen molar-refractivity contribution in [2.75, 3.05) is 39.3 Å². The highest BCUT2D eigenvalue weighted by atomic mass is 32.1. The molecule has 2 amide bonds. The van der Waals surface area contributed by atoms with Crippen LogP contribution >= 0.6 is 11.3 Å². The second kappa shape index (κ2) is 11.5. The van der Waals surface area contributed by atoms with Crippen molar-refractivity contribution in [3.05, 3.63) is 93.4 Å². The number of rotatable bonds is 7. The Morgan fingerprint density at radius 1 is 1.03 bits per heavy atom. The minimum Gasteiger partial charge on any atom is -0.367 e. The lowest BCUT2D eigenvalue weighted by atomic mass is 9.93. The van der Waals surface area contributed by atoms with E-state index >= 15 is 0 Å². The van der Waals surface area contributed by atoms with Crippen molar-refractivity contribution >= 4 is 23.2 Å². The van der Waals surface area contributed by atoms with E-state index in [2.05, 4.69) is 16.3 Å². The standard InChI is InChI=1S/C29H32FN3O3S/c1-21-17-31(13-14-33(21)28(35)20-36-19-22-6-3-2-4-7-22)27(34)18-32-12-10-26-25(11-15-37-26)29(32)23-8-5-9-24(30)16-23/h2-9,11,15-16,21,29H,10,12-14,17-20H2,1H3. The molecule has 8 heteroatoms. The smallest absolute Gasteiger partial charge is 0.248 e. The molecule has 3 heterocycles. The van der Waals surface area contributed by atoms with E-state index < -0.39 is 0 Å². The number of thiophene rings is 1. The highest BCUT2D eigenvalue weighted by Gasteiger charge is 2.34. The molecule has 5 rings (SSSR count). The zero-order chi connectivity index (χ0) is 25.8. The Balaban J connectivity index is 1.18. The molecule has 6 nitrogen and oxygen atoms in total. The first-order valence-corrected chi connectivity index (χ1v) is 13.6. The van der Waals surface area contributed by atoms with Crippen molar-refractivity contribution in [2.45, 2.75) is 32.0 Å². The number of fused-ring (bicyclic) bond motifs is 1. The van der Waals surface area contributed by atoms with Gasteiger partial charge in [0.15, 0.2) is 0 Å². The second-order valence-corrected chi connectivity index (χ2v) is 10.7. The largest absolute Gasteiger partial charge is 0.367 e. The first kappa shape index (κ1) is 25.6. The Bertz CT molecular complexity index is 1230. The summed E-state index contributed by atoms with van der Waals surface area (Å²) in [6, 6.07) is 18.3. The Labute approximate surface area is 221 Å². The minimum atomic E-state index is -0.270. The quantitative estimate of drug-likeness (QED) is 0.470. The van der Waals surface area contributed by atoms with Crippen LogP contribution in [0.1, 0.15) is 34.5 Å². The maximum Gasteiger partial charge on any atom is 0.248 e. The summed E-state index contributed by atoms with van der Waals surface area (Å²) in [5.41, 5.74) is 3.06. The van der Waals surface area contributed by atoms with Gasteiger partial charge in [-0.15, -0.1) is 11.3 Å². The van der Waals surface area contributed by atoms with Gasteiger partial charge in [-0.1, -0.05) is 42.5 Å². The van der Waals surface area contributed by atoms with Gasteiger partial charge in [0.1, 0.15) is 12.4 Å². The SMILES string of the molecule is CC1CN(C(=O)CN2CCc3sccc3C2c2cccc(F)c2)CCN1C(=O)COCc1ccccc1. The lowest BCUT2D eigenvalue weighted by Crippen LogP contribution is -2.57. The van der Waals surface area contributed by atoms with E-state index in [-0.39, 0.29) is 42.9 Å². The summed E-state index contributed by atoms with van der Waals surface area (Å²) in [4.78, 5) is 33.3. The maximum atomic E-state index is 14.1. The fraction of sp³-hybridized carbons (Fsp3) is 0.379. The van der Waals surface area contributed by atoms with Gasteiger partial charge in [-0.2, -0.15) is 0 Å². The molecule has 1 aromatic heterocycles. The van der Waals surface area contributed by atoms with Gasteiger partial charge in [-0.3, -0.25) is 14.5 Å². The number of amides is 2. The van der Waals surface area contributed by atoms with Gasteiger partial charge in [-0.05, 0) is 53.6 Å². The van der Waals surface area contributed by atoms with Gasteiger partial charge >= 0.3 is 0 Å². The lowest BCUT2D eigenvalue weighted by molar-refractivity contribution is -0.146. The average Bonchev–Trinajstić information content (AvgIpc) is 3.38. The van der Waals surface area contributed by atoms with E-state index in [1.807, 2.05) is 53.1 Å². The summed E-state index contributed by atoms with van der Waals surface area (Å²) in [6.07, 6.45) is 0.883. The molecule has 3 aromatic rings. The summed E-state index contributed by atoms with van der Waals surface area (Å²) < 4.78 is 19.7. The topological polar surface area (TPSA) is 53.1 Å². The predicted molar refractivity (Wildman–Crippen MR) is 142 cm³/mol. The highest BCUT2D eigenvalue weighted by molar-refractivity contribution is 7.10. The van der Waals surface area contributed by atoms with Crippen molar-refractivity contribution in [1.82, 2.24) is 14.7 Å². The average molecular weight is 522 g/mol. The first-order valence-electron chi connectivity index (χ1n) is 12.7. The van der Waals surface area contributed by atoms with Crippen LogP contribution < -0.4 is 0 Å². The summed E-state index contributed by atoms with van der Waals surface area (Å²) in [6.45, 7) is 4.88. The molecule has 2 aromatic carbocycles. The van der Waals surface area contributed by atoms with Gasteiger partial charge in [0.25, 0.3) is 0 Å². The van der Waals surface area contributed by atoms with E-state index in [1.54, 1.807) is 23.5 Å². The van der Waals surface area contributed by atoms with E-state index in [0.717, 1.165) is 29.7 Å². The van der Waals surface area contributed by atoms with Crippen LogP contribution in [0.25, 0.3) is 0 Å². The molecular formula is C29H32FN3O3S. The lowest BCUT2D eigenvalue weighted by Gasteiger charge is -2.42. The van der Waals surface area contributed by atoms with E-state index in [1.165, 1.54) is 10.9 Å². The number of carbonyl (C=O) groups is 2. The minimum absolute atomic E-state index is 0.0270. The van der Waals surface area contributed by atoms with Crippen LogP contribution in [0.5, 0.6) is 0 Å². The van der Waals surface area contributed by atoms with Gasteiger partial charge in [0.05, 0.1) is 19.2 Å². The zero-order valence-corrected chi connectivity index (χ0v) is 21.8. The van der Waals surface area contributed by atoms with Crippen LogP contribution in [0.2, 0.25) is 0 Å². The molecule has 2 atom stereocenters. The van der Waals surface area contributed by atoms with Crippen LogP contribution in [-0.4, -0.2) is 71.9 Å². The Kier molecular flexibility index (Phi) is 7.98. The van der Waals surface area contributed by atoms with Crippen LogP contribution in [-0.2, 0) is 27.4 Å². The number of benzene rings is 2. The summed E-state index contributed by atoms with van der Waals surface area (Å²) in [5, 5.41) is 2.07. The number of hydrogen-bond acceptors (Lipinski definition) is 5. The van der Waals surface area contributed by atoms with Crippen LogP contribution in [0, 0.1) is 5.82 Å². The number of halogens is 1. The molecule has 37 heavy (non-hydrogen) atoms. The Morgan fingerprint density at radius 2 is 1.86 bits per heavy atom. The maximum absolute atomic E-state index is 14.1. The third kappa shape index (κ3) is 5.92. The van der Waals surface area contributed by atoms with E-state index in [9.17, 15) is 14.0 Å². The molecule has 2 aliphatic heterocycles. The van der Waals surface area contributed by atoms with Gasteiger partial charge in [-0.25, -0.2) is 4.39 Å². The molecule has 0 spiro atoms. The molecule has 194 valence electrons. The van der Waals surface area contributed by atoms with Crippen LogP contribution in [0.4, 0.5) is 4.39 Å². The van der Waals surface area contributed by atoms with Crippen LogP contribution in [0.3, 0.4) is 0 Å². The Hall–Kier alpha value is -3.07. The molecular weight excluding hydrogens is 489 g/mol. The number of hydrogen-bond donors (Lipinski definition) is 0. The molecule has 0 saturated carbocycles. The molecule has 0 bridgehead atoms. The molecule has 0 aliphatic carbocycles. The number of carbonyl (C=O) groups excluding carboxylic acids is 2. The summed E-state index contributed by atoms with van der Waals surface area (Å²) in [5.74, 6) is -0.282. The van der Waals surface area contributed by atoms with Crippen molar-refractivity contribution in [3.8, 4) is 0 Å². The van der Waals surface area contributed by atoms with Crippen molar-refractivity contribution < 1.29 is 18.7 Å². The third-order valence-corrected chi connectivity index (χ3v) is 8.20. The van der Waals surface area contributed by atoms with Crippen LogP contribution in [0.15, 0.2) is 66.0 Å². The monoisotopic (exact) mass is 521 g/mol. The van der Waals surface area contributed by atoms with E-state index in [0.29, 0.717) is 26.2 Å². The fourth-order valence-electron chi connectivity index (χ4n) is 5.35. The first-order chi connectivity index (χ1) is 18.0. The van der Waals surface area contributed by atoms with Gasteiger partial charge in [0.2, 0.25) is 11.8 Å². The predicted octanol–water partition coefficient (Wildman–Crippen LogP) is 4.11. The molecule has 0 radical (unpaired) electrons. The second-order valence-electron chi connectivity index (χ2n) is 9.73. The molecule has 2 unspecified atom stereocenters. The summed E-state index contributed by atoms with van der Waals surface area (Å²) in [7, 11) is 0. The number of piperazine rings is 1. The molecule has 2 aliphatic rings. The number of ether oxygens (including phenoxy) is 1. The highest BCUT2D eigenvalue weighted by Crippen LogP contribution is 2.37. The van der Waals surface area contributed by atoms with E-state index in [4.69, 9.17) is 4.74 Å². The molecule has 0 N–H and O–H groups in total. The molecule has 1 fully saturated rings. The Morgan fingerprint density at radius 3 is 2.65 bits per heavy atom.